The number of benzene rings is 2. The second-order valence-electron chi connectivity index (χ2n) is 4.78. The molecule has 2 amide bonds. The van der Waals surface area contributed by atoms with Gasteiger partial charge in [0.1, 0.15) is 10.6 Å². The minimum absolute atomic E-state index is 0.317. The van der Waals surface area contributed by atoms with Gasteiger partial charge in [-0.15, -0.1) is 5.10 Å². The standard InChI is InChI=1S/C16H12N4O3S/c21-15(17-11-6-8-12(9-7-11)18-16(22)23)14-13(19-20-24-14)10-4-2-1-3-5-10/h1-9,18H,(H,17,21)(H,22,23). The second kappa shape index (κ2) is 6.88. The van der Waals surface area contributed by atoms with Gasteiger partial charge in [0.2, 0.25) is 0 Å². The summed E-state index contributed by atoms with van der Waals surface area (Å²) in [6, 6.07) is 15.7. The summed E-state index contributed by atoms with van der Waals surface area (Å²) in [5.41, 5.74) is 2.31. The molecule has 0 radical (unpaired) electrons. The zero-order valence-electron chi connectivity index (χ0n) is 12.3. The fourth-order valence-corrected chi connectivity index (χ4v) is 2.66. The summed E-state index contributed by atoms with van der Waals surface area (Å²) < 4.78 is 3.86. The van der Waals surface area contributed by atoms with E-state index in [9.17, 15) is 9.59 Å². The van der Waals surface area contributed by atoms with Crippen LogP contribution >= 0.6 is 11.5 Å². The first-order chi connectivity index (χ1) is 11.6. The van der Waals surface area contributed by atoms with Crippen molar-refractivity contribution < 1.29 is 14.7 Å². The molecular weight excluding hydrogens is 328 g/mol. The number of rotatable bonds is 4. The number of anilines is 2. The molecule has 7 nitrogen and oxygen atoms in total. The van der Waals surface area contributed by atoms with Gasteiger partial charge in [-0.25, -0.2) is 4.79 Å². The topological polar surface area (TPSA) is 104 Å². The lowest BCUT2D eigenvalue weighted by atomic mass is 10.1. The minimum atomic E-state index is -1.14. The lowest BCUT2D eigenvalue weighted by Crippen LogP contribution is -2.12. The maximum absolute atomic E-state index is 12.4. The van der Waals surface area contributed by atoms with E-state index in [2.05, 4.69) is 20.2 Å². The average Bonchev–Trinajstić information content (AvgIpc) is 3.07. The van der Waals surface area contributed by atoms with Crippen LogP contribution in [0.1, 0.15) is 9.67 Å². The van der Waals surface area contributed by atoms with Crippen LogP contribution < -0.4 is 10.6 Å². The maximum atomic E-state index is 12.4. The highest BCUT2D eigenvalue weighted by Crippen LogP contribution is 2.24. The number of nitrogens with zero attached hydrogens (tertiary/aromatic N) is 2. The Kier molecular flexibility index (Phi) is 4.48. The van der Waals surface area contributed by atoms with Gasteiger partial charge in [0, 0.05) is 16.9 Å². The van der Waals surface area contributed by atoms with E-state index in [1.54, 1.807) is 24.3 Å². The molecule has 0 aliphatic heterocycles. The number of aromatic nitrogens is 2. The normalized spacial score (nSPS) is 10.2. The van der Waals surface area contributed by atoms with Crippen molar-refractivity contribution >= 4 is 34.9 Å². The van der Waals surface area contributed by atoms with Crippen molar-refractivity contribution in [3.63, 3.8) is 0 Å². The molecule has 0 bridgehead atoms. The highest BCUT2D eigenvalue weighted by atomic mass is 32.1. The van der Waals surface area contributed by atoms with E-state index in [0.717, 1.165) is 17.1 Å². The van der Waals surface area contributed by atoms with Crippen LogP contribution in [0.4, 0.5) is 16.2 Å². The molecule has 1 heterocycles. The van der Waals surface area contributed by atoms with Crippen LogP contribution in [0, 0.1) is 0 Å². The number of amides is 2. The maximum Gasteiger partial charge on any atom is 0.409 e. The SMILES string of the molecule is O=C(O)Nc1ccc(NC(=O)c2snnc2-c2ccccc2)cc1. The van der Waals surface area contributed by atoms with Gasteiger partial charge in [-0.2, -0.15) is 0 Å². The Hall–Kier alpha value is -3.26. The first kappa shape index (κ1) is 15.6. The molecule has 2 aromatic carbocycles. The quantitative estimate of drug-likeness (QED) is 0.674. The number of carbonyl (C=O) groups is 2. The summed E-state index contributed by atoms with van der Waals surface area (Å²) in [5, 5.41) is 17.7. The highest BCUT2D eigenvalue weighted by Gasteiger charge is 2.17. The van der Waals surface area contributed by atoms with Gasteiger partial charge in [0.05, 0.1) is 0 Å². The van der Waals surface area contributed by atoms with Crippen molar-refractivity contribution in [2.75, 3.05) is 10.6 Å². The molecule has 0 aliphatic carbocycles. The lowest BCUT2D eigenvalue weighted by molar-refractivity contribution is 0.103. The average molecular weight is 340 g/mol. The first-order valence-electron chi connectivity index (χ1n) is 6.92. The van der Waals surface area contributed by atoms with E-state index in [4.69, 9.17) is 5.11 Å². The van der Waals surface area contributed by atoms with Crippen molar-refractivity contribution in [2.24, 2.45) is 0 Å². The summed E-state index contributed by atoms with van der Waals surface area (Å²) >= 11 is 1.02. The molecule has 0 spiro atoms. The third-order valence-electron chi connectivity index (χ3n) is 3.14. The van der Waals surface area contributed by atoms with Crippen LogP contribution in [0.5, 0.6) is 0 Å². The molecule has 0 atom stereocenters. The van der Waals surface area contributed by atoms with E-state index < -0.39 is 6.09 Å². The predicted octanol–water partition coefficient (Wildman–Crippen LogP) is 3.55. The molecule has 3 rings (SSSR count). The number of carbonyl (C=O) groups excluding carboxylic acids is 1. The fourth-order valence-electron chi connectivity index (χ4n) is 2.07. The van der Waals surface area contributed by atoms with Crippen molar-refractivity contribution in [3.8, 4) is 11.3 Å². The lowest BCUT2D eigenvalue weighted by Gasteiger charge is -2.06. The minimum Gasteiger partial charge on any atom is -0.465 e. The molecule has 3 N–H and O–H groups in total. The summed E-state index contributed by atoms with van der Waals surface area (Å²) in [4.78, 5) is 23.4. The Morgan fingerprint density at radius 1 is 0.917 bits per heavy atom. The second-order valence-corrected chi connectivity index (χ2v) is 5.53. The van der Waals surface area contributed by atoms with E-state index in [0.29, 0.717) is 21.9 Å². The van der Waals surface area contributed by atoms with Crippen molar-refractivity contribution in [2.45, 2.75) is 0 Å². The van der Waals surface area contributed by atoms with Gasteiger partial charge in [0.15, 0.2) is 0 Å². The number of hydrogen-bond acceptors (Lipinski definition) is 5. The predicted molar refractivity (Wildman–Crippen MR) is 91.4 cm³/mol. The zero-order chi connectivity index (χ0) is 16.9. The number of hydrogen-bond donors (Lipinski definition) is 3. The molecule has 120 valence electrons. The molecule has 0 fully saturated rings. The van der Waals surface area contributed by atoms with Crippen molar-refractivity contribution in [1.82, 2.24) is 9.59 Å². The number of carboxylic acid groups (broad SMARTS) is 1. The van der Waals surface area contributed by atoms with E-state index in [1.165, 1.54) is 0 Å². The van der Waals surface area contributed by atoms with Crippen LogP contribution in [0.3, 0.4) is 0 Å². The van der Waals surface area contributed by atoms with E-state index in [-0.39, 0.29) is 5.91 Å². The number of nitrogens with one attached hydrogen (secondary N) is 2. The molecular formula is C16H12N4O3S. The molecule has 8 heteroatoms. The third-order valence-corrected chi connectivity index (χ3v) is 3.86. The zero-order valence-corrected chi connectivity index (χ0v) is 13.1. The van der Waals surface area contributed by atoms with Crippen molar-refractivity contribution in [1.29, 1.82) is 0 Å². The monoisotopic (exact) mass is 340 g/mol. The summed E-state index contributed by atoms with van der Waals surface area (Å²) in [5.74, 6) is -0.317. The Bertz CT molecular complexity index is 863. The molecule has 0 aliphatic rings. The van der Waals surface area contributed by atoms with Gasteiger partial charge >= 0.3 is 6.09 Å². The molecule has 3 aromatic rings. The van der Waals surface area contributed by atoms with Gasteiger partial charge in [0.25, 0.3) is 5.91 Å². The Morgan fingerprint density at radius 3 is 2.17 bits per heavy atom. The molecule has 24 heavy (non-hydrogen) atoms. The van der Waals surface area contributed by atoms with Crippen LogP contribution in [-0.4, -0.2) is 26.7 Å². The Balaban J connectivity index is 1.76. The van der Waals surface area contributed by atoms with Crippen LogP contribution in [0.25, 0.3) is 11.3 Å². The van der Waals surface area contributed by atoms with Crippen molar-refractivity contribution in [3.05, 3.63) is 59.5 Å². The van der Waals surface area contributed by atoms with Gasteiger partial charge in [-0.3, -0.25) is 10.1 Å². The Morgan fingerprint density at radius 2 is 1.54 bits per heavy atom. The highest BCUT2D eigenvalue weighted by molar-refractivity contribution is 7.08. The molecule has 0 unspecified atom stereocenters. The largest absolute Gasteiger partial charge is 0.465 e. The van der Waals surface area contributed by atoms with Crippen LogP contribution in [-0.2, 0) is 0 Å². The van der Waals surface area contributed by atoms with E-state index >= 15 is 0 Å². The smallest absolute Gasteiger partial charge is 0.409 e. The third kappa shape index (κ3) is 3.55. The summed E-state index contributed by atoms with van der Waals surface area (Å²) in [6.07, 6.45) is -1.14. The van der Waals surface area contributed by atoms with Crippen LogP contribution in [0.2, 0.25) is 0 Å². The summed E-state index contributed by atoms with van der Waals surface area (Å²) in [6.45, 7) is 0. The van der Waals surface area contributed by atoms with Gasteiger partial charge in [-0.1, -0.05) is 34.8 Å². The van der Waals surface area contributed by atoms with Gasteiger partial charge in [-0.05, 0) is 35.8 Å². The Labute approximate surface area is 141 Å². The summed E-state index contributed by atoms with van der Waals surface area (Å²) in [7, 11) is 0. The molecule has 1 aromatic heterocycles. The van der Waals surface area contributed by atoms with Gasteiger partial charge < -0.3 is 10.4 Å². The van der Waals surface area contributed by atoms with Crippen LogP contribution in [0.15, 0.2) is 54.6 Å². The first-order valence-corrected chi connectivity index (χ1v) is 7.70. The molecule has 0 saturated heterocycles. The fraction of sp³-hybridized carbons (Fsp3) is 0. The van der Waals surface area contributed by atoms with E-state index in [1.807, 2.05) is 30.3 Å². The molecule has 0 saturated carbocycles.